The number of aryl methyl sites for hydroxylation is 3. The zero-order chi connectivity index (χ0) is 18.1. The Morgan fingerprint density at radius 3 is 2.44 bits per heavy atom. The number of rotatable bonds is 4. The molecule has 130 valence electrons. The molecule has 0 unspecified atom stereocenters. The van der Waals surface area contributed by atoms with Gasteiger partial charge in [0, 0.05) is 11.1 Å². The fourth-order valence-electron chi connectivity index (χ4n) is 3.97. The summed E-state index contributed by atoms with van der Waals surface area (Å²) in [4.78, 5) is 4.82. The molecule has 1 heterocycles. The van der Waals surface area contributed by atoms with Gasteiger partial charge in [-0.25, -0.2) is 4.57 Å². The number of para-hydroxylation sites is 1. The lowest BCUT2D eigenvalue weighted by atomic mass is 9.90. The van der Waals surface area contributed by atoms with E-state index >= 15 is 0 Å². The minimum Gasteiger partial charge on any atom is -0.232 e. The molecule has 0 radical (unpaired) electrons. The smallest absolute Gasteiger partial charge is 0.232 e. The van der Waals surface area contributed by atoms with Crippen molar-refractivity contribution in [1.29, 1.82) is 0 Å². The normalized spacial score (nSPS) is 11.5. The minimum absolute atomic E-state index is 0.567. The lowest BCUT2D eigenvalue weighted by Crippen LogP contribution is -2.32. The molecule has 0 atom stereocenters. The molecule has 0 spiro atoms. The first-order valence-electron chi connectivity index (χ1n) is 9.33. The van der Waals surface area contributed by atoms with Crippen molar-refractivity contribution in [3.8, 4) is 11.3 Å². The molecule has 2 nitrogen and oxygen atoms in total. The number of hydrogen-bond acceptors (Lipinski definition) is 1. The second-order valence-electron chi connectivity index (χ2n) is 7.22. The van der Waals surface area contributed by atoms with E-state index in [2.05, 4.69) is 76.6 Å². The molecule has 0 saturated carbocycles. The molecule has 0 fully saturated rings. The molecule has 2 aromatic carbocycles. The van der Waals surface area contributed by atoms with Crippen molar-refractivity contribution in [3.05, 3.63) is 58.9 Å². The SMILES string of the molecule is CCC(CC)c1cccc2c(-c3cc(C)cc(C)c3C)[n+](C)cnc12. The summed E-state index contributed by atoms with van der Waals surface area (Å²) in [5.41, 5.74) is 9.11. The quantitative estimate of drug-likeness (QED) is 0.572. The van der Waals surface area contributed by atoms with Crippen LogP contribution in [0.1, 0.15) is 54.9 Å². The molecule has 0 N–H and O–H groups in total. The van der Waals surface area contributed by atoms with Gasteiger partial charge in [0.2, 0.25) is 0 Å². The van der Waals surface area contributed by atoms with E-state index in [1.165, 1.54) is 38.9 Å². The topological polar surface area (TPSA) is 16.8 Å². The lowest BCUT2D eigenvalue weighted by Gasteiger charge is -2.16. The summed E-state index contributed by atoms with van der Waals surface area (Å²) in [6.07, 6.45) is 4.27. The Hall–Kier alpha value is -2.22. The zero-order valence-electron chi connectivity index (χ0n) is 16.4. The second-order valence-corrected chi connectivity index (χ2v) is 7.22. The van der Waals surface area contributed by atoms with Crippen LogP contribution in [-0.2, 0) is 7.05 Å². The Kier molecular flexibility index (Phi) is 4.89. The van der Waals surface area contributed by atoms with Crippen LogP contribution in [-0.4, -0.2) is 4.98 Å². The molecule has 0 bridgehead atoms. The number of aromatic nitrogens is 2. The number of benzene rings is 2. The highest BCUT2D eigenvalue weighted by Gasteiger charge is 2.21. The summed E-state index contributed by atoms with van der Waals surface area (Å²) in [5.74, 6) is 0.567. The first kappa shape index (κ1) is 17.6. The molecule has 3 rings (SSSR count). The van der Waals surface area contributed by atoms with Gasteiger partial charge in [-0.3, -0.25) is 0 Å². The number of hydrogen-bond donors (Lipinski definition) is 0. The summed E-state index contributed by atoms with van der Waals surface area (Å²) in [7, 11) is 2.10. The van der Waals surface area contributed by atoms with Crippen molar-refractivity contribution in [3.63, 3.8) is 0 Å². The van der Waals surface area contributed by atoms with Crippen LogP contribution >= 0.6 is 0 Å². The third kappa shape index (κ3) is 3.06. The van der Waals surface area contributed by atoms with Gasteiger partial charge in [0.15, 0.2) is 5.52 Å². The van der Waals surface area contributed by atoms with Crippen molar-refractivity contribution >= 4 is 10.9 Å². The van der Waals surface area contributed by atoms with Crippen molar-refractivity contribution in [1.82, 2.24) is 4.98 Å². The van der Waals surface area contributed by atoms with Gasteiger partial charge in [-0.05, 0) is 67.8 Å². The van der Waals surface area contributed by atoms with Gasteiger partial charge >= 0.3 is 0 Å². The fourth-order valence-corrected chi connectivity index (χ4v) is 3.97. The summed E-state index contributed by atoms with van der Waals surface area (Å²) in [6, 6.07) is 11.2. The molecule has 0 aliphatic heterocycles. The highest BCUT2D eigenvalue weighted by Crippen LogP contribution is 2.34. The first-order valence-corrected chi connectivity index (χ1v) is 9.33. The molecule has 0 amide bonds. The van der Waals surface area contributed by atoms with Gasteiger partial charge in [0.05, 0.1) is 12.4 Å². The van der Waals surface area contributed by atoms with Crippen molar-refractivity contribution in [2.75, 3.05) is 0 Å². The largest absolute Gasteiger partial charge is 0.287 e. The number of fused-ring (bicyclic) bond motifs is 1. The van der Waals surface area contributed by atoms with Gasteiger partial charge in [0.1, 0.15) is 5.69 Å². The van der Waals surface area contributed by atoms with E-state index < -0.39 is 0 Å². The Balaban J connectivity index is 2.37. The predicted octanol–water partition coefficient (Wildman–Crippen LogP) is 5.56. The molecule has 2 heteroatoms. The Labute approximate surface area is 151 Å². The Morgan fingerprint density at radius 2 is 1.76 bits per heavy atom. The van der Waals surface area contributed by atoms with Gasteiger partial charge in [-0.1, -0.05) is 37.6 Å². The minimum atomic E-state index is 0.567. The van der Waals surface area contributed by atoms with E-state index in [-0.39, 0.29) is 0 Å². The van der Waals surface area contributed by atoms with Crippen molar-refractivity contribution in [2.45, 2.75) is 53.4 Å². The molecule has 3 aromatic rings. The predicted molar refractivity (Wildman–Crippen MR) is 106 cm³/mol. The van der Waals surface area contributed by atoms with Gasteiger partial charge < -0.3 is 0 Å². The summed E-state index contributed by atoms with van der Waals surface area (Å²) in [5, 5.41) is 1.25. The van der Waals surface area contributed by atoms with Crippen LogP contribution in [0.4, 0.5) is 0 Å². The maximum Gasteiger partial charge on any atom is 0.287 e. The van der Waals surface area contributed by atoms with Crippen LogP contribution in [0.25, 0.3) is 22.2 Å². The van der Waals surface area contributed by atoms with Crippen molar-refractivity contribution < 1.29 is 4.57 Å². The lowest BCUT2D eigenvalue weighted by molar-refractivity contribution is -0.662. The molecule has 0 aliphatic carbocycles. The Morgan fingerprint density at radius 1 is 1.04 bits per heavy atom. The standard InChI is InChI=1S/C23H29N2/c1-7-18(8-2)19-10-9-11-20-22(19)24-14-25(6)23(20)21-13-15(3)12-16(4)17(21)5/h9-14,18H,7-8H2,1-6H3/q+1. The van der Waals surface area contributed by atoms with Gasteiger partial charge in [0.25, 0.3) is 6.33 Å². The molecule has 25 heavy (non-hydrogen) atoms. The summed E-state index contributed by atoms with van der Waals surface area (Å²) < 4.78 is 2.17. The van der Waals surface area contributed by atoms with Gasteiger partial charge in [-0.15, -0.1) is 0 Å². The Bertz CT molecular complexity index is 921. The molecular formula is C23H29N2+. The maximum atomic E-state index is 4.82. The molecule has 0 aliphatic rings. The summed E-state index contributed by atoms with van der Waals surface area (Å²) >= 11 is 0. The van der Waals surface area contributed by atoms with E-state index in [9.17, 15) is 0 Å². The zero-order valence-corrected chi connectivity index (χ0v) is 16.4. The monoisotopic (exact) mass is 333 g/mol. The molecule has 1 aromatic heterocycles. The number of nitrogens with zero attached hydrogens (tertiary/aromatic N) is 2. The summed E-state index contributed by atoms with van der Waals surface area (Å²) in [6.45, 7) is 11.1. The van der Waals surface area contributed by atoms with E-state index in [4.69, 9.17) is 4.98 Å². The average Bonchev–Trinajstić information content (AvgIpc) is 2.59. The average molecular weight is 333 g/mol. The van der Waals surface area contributed by atoms with Crippen LogP contribution < -0.4 is 4.57 Å². The van der Waals surface area contributed by atoms with Crippen LogP contribution in [0, 0.1) is 20.8 Å². The van der Waals surface area contributed by atoms with Crippen LogP contribution in [0.5, 0.6) is 0 Å². The van der Waals surface area contributed by atoms with Crippen LogP contribution in [0.2, 0.25) is 0 Å². The fraction of sp³-hybridized carbons (Fsp3) is 0.391. The second kappa shape index (κ2) is 6.95. The van der Waals surface area contributed by atoms with Crippen molar-refractivity contribution in [2.24, 2.45) is 7.05 Å². The van der Waals surface area contributed by atoms with E-state index in [0.717, 1.165) is 18.4 Å². The van der Waals surface area contributed by atoms with E-state index in [1.54, 1.807) is 0 Å². The third-order valence-electron chi connectivity index (χ3n) is 5.53. The van der Waals surface area contributed by atoms with Crippen LogP contribution in [0.15, 0.2) is 36.7 Å². The first-order chi connectivity index (χ1) is 12.0. The molecule has 0 saturated heterocycles. The maximum absolute atomic E-state index is 4.82. The highest BCUT2D eigenvalue weighted by atomic mass is 15.0. The van der Waals surface area contributed by atoms with Crippen LogP contribution in [0.3, 0.4) is 0 Å². The third-order valence-corrected chi connectivity index (χ3v) is 5.53. The van der Waals surface area contributed by atoms with Gasteiger partial charge in [-0.2, -0.15) is 0 Å². The van der Waals surface area contributed by atoms with E-state index in [0.29, 0.717) is 5.92 Å². The molecular weight excluding hydrogens is 304 g/mol. The van der Waals surface area contributed by atoms with E-state index in [1.807, 2.05) is 6.33 Å². The highest BCUT2D eigenvalue weighted by molar-refractivity contribution is 5.93.